The zero-order valence-electron chi connectivity index (χ0n) is 9.38. The van der Waals surface area contributed by atoms with E-state index in [1.54, 1.807) is 0 Å². The van der Waals surface area contributed by atoms with Gasteiger partial charge in [0.05, 0.1) is 13.2 Å². The minimum absolute atomic E-state index is 0.0870. The van der Waals surface area contributed by atoms with Crippen LogP contribution in [-0.4, -0.2) is 31.2 Å². The molecule has 0 spiro atoms. The highest BCUT2D eigenvalue weighted by atomic mass is 16.7. The average Bonchev–Trinajstić information content (AvgIpc) is 2.22. The largest absolute Gasteiger partial charge is 0.395 e. The minimum Gasteiger partial charge on any atom is -0.395 e. The smallest absolute Gasteiger partial charge is 0.154 e. The Morgan fingerprint density at radius 2 is 1.80 bits per heavy atom. The lowest BCUT2D eigenvalue weighted by Crippen LogP contribution is -2.13. The van der Waals surface area contributed by atoms with Crippen molar-refractivity contribution in [2.75, 3.05) is 19.8 Å². The Morgan fingerprint density at radius 1 is 1.13 bits per heavy atom. The number of hydrogen-bond donors (Lipinski definition) is 1. The predicted molar refractivity (Wildman–Crippen MR) is 58.9 cm³/mol. The van der Waals surface area contributed by atoms with Crippen LogP contribution in [0.1, 0.15) is 26.7 Å². The third kappa shape index (κ3) is 10.9. The molecule has 0 aliphatic rings. The minimum atomic E-state index is -0.169. The molecule has 0 bridgehead atoms. The Labute approximate surface area is 91.8 Å². The fraction of sp³-hybridized carbons (Fsp3) is 0.667. The molecule has 0 aliphatic heterocycles. The van der Waals surface area contributed by atoms with E-state index in [-0.39, 0.29) is 12.9 Å². The van der Waals surface area contributed by atoms with E-state index < -0.39 is 0 Å². The van der Waals surface area contributed by atoms with Crippen molar-refractivity contribution in [2.45, 2.75) is 33.0 Å². The van der Waals surface area contributed by atoms with Gasteiger partial charge in [-0.1, -0.05) is 11.8 Å². The first-order chi connectivity index (χ1) is 7.31. The summed E-state index contributed by atoms with van der Waals surface area (Å²) < 4.78 is 10.5. The molecule has 3 nitrogen and oxygen atoms in total. The van der Waals surface area contributed by atoms with Crippen molar-refractivity contribution in [3.05, 3.63) is 0 Å². The maximum Gasteiger partial charge on any atom is 0.154 e. The molecule has 0 radical (unpaired) electrons. The molecule has 0 fully saturated rings. The van der Waals surface area contributed by atoms with Crippen LogP contribution in [0.4, 0.5) is 0 Å². The van der Waals surface area contributed by atoms with Crippen molar-refractivity contribution in [2.24, 2.45) is 0 Å². The summed E-state index contributed by atoms with van der Waals surface area (Å²) in [5.41, 5.74) is 0. The summed E-state index contributed by atoms with van der Waals surface area (Å²) in [7, 11) is 0. The normalized spacial score (nSPS) is 10.9. The summed E-state index contributed by atoms with van der Waals surface area (Å²) in [5.74, 6) is 10.9. The van der Waals surface area contributed by atoms with Gasteiger partial charge in [-0.3, -0.25) is 0 Å². The molecule has 0 saturated carbocycles. The molecule has 15 heavy (non-hydrogen) atoms. The summed E-state index contributed by atoms with van der Waals surface area (Å²) in [6, 6.07) is 0. The predicted octanol–water partition coefficient (Wildman–Crippen LogP) is 1.16. The monoisotopic (exact) mass is 210 g/mol. The second-order valence-corrected chi connectivity index (χ2v) is 2.72. The highest BCUT2D eigenvalue weighted by Crippen LogP contribution is 1.93. The molecule has 0 aromatic heterocycles. The first-order valence-corrected chi connectivity index (χ1v) is 5.11. The van der Waals surface area contributed by atoms with E-state index in [0.29, 0.717) is 26.1 Å². The maximum absolute atomic E-state index is 8.43. The van der Waals surface area contributed by atoms with Crippen molar-refractivity contribution in [1.29, 1.82) is 0 Å². The van der Waals surface area contributed by atoms with Crippen molar-refractivity contribution >= 4 is 0 Å². The van der Waals surface area contributed by atoms with Gasteiger partial charge in [-0.05, 0) is 25.7 Å². The van der Waals surface area contributed by atoms with Gasteiger partial charge in [0.1, 0.15) is 0 Å². The van der Waals surface area contributed by atoms with Crippen LogP contribution < -0.4 is 0 Å². The van der Waals surface area contributed by atoms with Crippen LogP contribution in [0.2, 0.25) is 0 Å². The van der Waals surface area contributed by atoms with Crippen LogP contribution in [0.25, 0.3) is 0 Å². The lowest BCUT2D eigenvalue weighted by molar-refractivity contribution is -0.125. The van der Waals surface area contributed by atoms with Gasteiger partial charge in [0.15, 0.2) is 6.29 Å². The number of aliphatic hydroxyl groups is 1. The van der Waals surface area contributed by atoms with E-state index in [1.807, 2.05) is 13.8 Å². The Balaban J connectivity index is 3.41. The highest BCUT2D eigenvalue weighted by molar-refractivity contribution is 5.25. The quantitative estimate of drug-likeness (QED) is 0.406. The van der Waals surface area contributed by atoms with E-state index in [4.69, 9.17) is 14.6 Å². The Bertz CT molecular complexity index is 252. The fourth-order valence-electron chi connectivity index (χ4n) is 0.828. The third-order valence-electron chi connectivity index (χ3n) is 1.46. The van der Waals surface area contributed by atoms with Crippen LogP contribution in [0.3, 0.4) is 0 Å². The maximum atomic E-state index is 8.43. The first kappa shape index (κ1) is 14.0. The third-order valence-corrected chi connectivity index (χ3v) is 1.46. The average molecular weight is 210 g/mol. The number of rotatable bonds is 6. The molecule has 0 heterocycles. The molecule has 3 heteroatoms. The second kappa shape index (κ2) is 11.1. The van der Waals surface area contributed by atoms with E-state index >= 15 is 0 Å². The molecule has 0 aliphatic carbocycles. The number of hydrogen-bond acceptors (Lipinski definition) is 3. The Morgan fingerprint density at radius 3 is 2.40 bits per heavy atom. The van der Waals surface area contributed by atoms with Crippen LogP contribution in [-0.2, 0) is 9.47 Å². The van der Waals surface area contributed by atoms with Gasteiger partial charge in [0, 0.05) is 19.4 Å². The molecule has 0 saturated heterocycles. The van der Waals surface area contributed by atoms with E-state index in [0.717, 1.165) is 0 Å². The van der Waals surface area contributed by atoms with Crippen molar-refractivity contribution in [3.8, 4) is 23.7 Å². The zero-order chi connectivity index (χ0) is 11.4. The second-order valence-electron chi connectivity index (χ2n) is 2.72. The molecule has 1 atom stereocenters. The molecular weight excluding hydrogens is 192 g/mol. The van der Waals surface area contributed by atoms with E-state index in [1.165, 1.54) is 0 Å². The molecule has 0 rings (SSSR count). The van der Waals surface area contributed by atoms with Gasteiger partial charge in [-0.25, -0.2) is 0 Å². The van der Waals surface area contributed by atoms with Crippen molar-refractivity contribution in [3.63, 3.8) is 0 Å². The van der Waals surface area contributed by atoms with Crippen LogP contribution in [0, 0.1) is 23.7 Å². The summed E-state index contributed by atoms with van der Waals surface area (Å²) in [4.78, 5) is 0. The van der Waals surface area contributed by atoms with Gasteiger partial charge >= 0.3 is 0 Å². The molecular formula is C12H18O3. The lowest BCUT2D eigenvalue weighted by atomic mass is 10.4. The SMILES string of the molecule is CCOC(C)OCCC#CC#CCCO. The topological polar surface area (TPSA) is 38.7 Å². The van der Waals surface area contributed by atoms with Crippen LogP contribution in [0.15, 0.2) is 0 Å². The van der Waals surface area contributed by atoms with E-state index in [9.17, 15) is 0 Å². The first-order valence-electron chi connectivity index (χ1n) is 5.11. The molecule has 84 valence electrons. The summed E-state index contributed by atoms with van der Waals surface area (Å²) in [5, 5.41) is 8.43. The summed E-state index contributed by atoms with van der Waals surface area (Å²) in [6.07, 6.45) is 0.954. The van der Waals surface area contributed by atoms with Gasteiger partial charge in [-0.2, -0.15) is 0 Å². The van der Waals surface area contributed by atoms with Gasteiger partial charge in [0.2, 0.25) is 0 Å². The number of aliphatic hydroxyl groups excluding tert-OH is 1. The van der Waals surface area contributed by atoms with Gasteiger partial charge in [0.25, 0.3) is 0 Å². The fourth-order valence-corrected chi connectivity index (χ4v) is 0.828. The Kier molecular flexibility index (Phi) is 10.3. The zero-order valence-corrected chi connectivity index (χ0v) is 9.38. The van der Waals surface area contributed by atoms with Crippen LogP contribution in [0.5, 0.6) is 0 Å². The summed E-state index contributed by atoms with van der Waals surface area (Å²) in [6.45, 7) is 5.08. The van der Waals surface area contributed by atoms with Gasteiger partial charge in [-0.15, -0.1) is 0 Å². The molecule has 0 amide bonds. The van der Waals surface area contributed by atoms with E-state index in [2.05, 4.69) is 23.7 Å². The molecule has 0 aromatic carbocycles. The number of ether oxygens (including phenoxy) is 2. The highest BCUT2D eigenvalue weighted by Gasteiger charge is 1.97. The van der Waals surface area contributed by atoms with Crippen molar-refractivity contribution < 1.29 is 14.6 Å². The van der Waals surface area contributed by atoms with Crippen LogP contribution >= 0.6 is 0 Å². The standard InChI is InChI=1S/C12H18O3/c1-3-14-12(2)15-11-9-7-5-4-6-8-10-13/h12-13H,3,8-11H2,1-2H3. The Hall–Kier alpha value is -1.00. The van der Waals surface area contributed by atoms with Gasteiger partial charge < -0.3 is 14.6 Å². The molecule has 1 unspecified atom stereocenters. The van der Waals surface area contributed by atoms with Crippen molar-refractivity contribution in [1.82, 2.24) is 0 Å². The lowest BCUT2D eigenvalue weighted by Gasteiger charge is -2.10. The molecule has 1 N–H and O–H groups in total. The summed E-state index contributed by atoms with van der Waals surface area (Å²) >= 11 is 0. The molecule has 0 aromatic rings.